The first-order valence-corrected chi connectivity index (χ1v) is 29.0. The highest BCUT2D eigenvalue weighted by Gasteiger charge is 2.42. The fourth-order valence-corrected chi connectivity index (χ4v) is 9.82. The molecule has 12 amide bonds. The molecule has 0 saturated carbocycles. The molecule has 7 aliphatic rings. The van der Waals surface area contributed by atoms with E-state index in [1.165, 1.54) is 11.8 Å². The van der Waals surface area contributed by atoms with E-state index in [1.807, 2.05) is 110 Å². The van der Waals surface area contributed by atoms with Crippen molar-refractivity contribution < 1.29 is 38.4 Å². The second-order valence-electron chi connectivity index (χ2n) is 30.3. The molecule has 19 heteroatoms. The van der Waals surface area contributed by atoms with Gasteiger partial charge < -0.3 is 49.8 Å². The van der Waals surface area contributed by atoms with Crippen LogP contribution in [0.15, 0.2) is 0 Å². The van der Waals surface area contributed by atoms with Gasteiger partial charge in [0.1, 0.15) is 0 Å². The summed E-state index contributed by atoms with van der Waals surface area (Å²) in [4.78, 5) is 107. The summed E-state index contributed by atoms with van der Waals surface area (Å²) in [5.41, 5.74) is -0.382. The van der Waals surface area contributed by atoms with E-state index in [0.29, 0.717) is 30.8 Å². The molecule has 466 valence electrons. The Bertz CT molecular complexity index is 1920. The molecule has 80 heavy (non-hydrogen) atoms. The van der Waals surface area contributed by atoms with Crippen LogP contribution in [0.1, 0.15) is 233 Å². The summed E-state index contributed by atoms with van der Waals surface area (Å²) in [5.74, 6) is 0.768. The number of nitrogens with zero attached hydrogens (tertiary/aromatic N) is 9. The predicted molar refractivity (Wildman–Crippen MR) is 325 cm³/mol. The lowest BCUT2D eigenvalue weighted by molar-refractivity contribution is -0.132. The number of urea groups is 4. The van der Waals surface area contributed by atoms with Crippen molar-refractivity contribution in [3.63, 3.8) is 0 Å². The van der Waals surface area contributed by atoms with Crippen LogP contribution in [0.2, 0.25) is 0 Å². The maximum atomic E-state index is 12.1. The van der Waals surface area contributed by atoms with Crippen molar-refractivity contribution in [3.05, 3.63) is 0 Å². The highest BCUT2D eigenvalue weighted by molar-refractivity contribution is 5.95. The van der Waals surface area contributed by atoms with Gasteiger partial charge in [0.25, 0.3) is 0 Å². The zero-order valence-corrected chi connectivity index (χ0v) is 55.1. The number of nitrogens with one attached hydrogen (secondary N) is 2. The monoisotopic (exact) mass is 1130 g/mol. The summed E-state index contributed by atoms with van der Waals surface area (Å²) in [6.07, 6.45) is 5.36. The van der Waals surface area contributed by atoms with Crippen molar-refractivity contribution in [2.24, 2.45) is 0 Å². The lowest BCUT2D eigenvalue weighted by atomic mass is 10.0. The number of hydrogen-bond donors (Lipinski definition) is 2. The SMILES string of the molecule is C.CC(=O)N1CCN(C(C)(C)C)C1=O.CC(C)(C)N1CCCC1=O.CC(C)(C)N1CCCC1=O.CC(C)(C)N1CCCC1=O.CC(C)(C)N1CCN(C(C)(C)C)C1=O.CC(C)(C)N1CCNC1=O.CC1(C)CN(C(C)(C)C)C(=O)N1. The summed E-state index contributed by atoms with van der Waals surface area (Å²) < 4.78 is 0. The minimum absolute atomic E-state index is 0. The van der Waals surface area contributed by atoms with Crippen LogP contribution in [-0.4, -0.2) is 207 Å². The quantitative estimate of drug-likeness (QED) is 0.240. The first-order chi connectivity index (χ1) is 35.3. The lowest BCUT2D eigenvalue weighted by Gasteiger charge is -2.35. The molecule has 0 aromatic heterocycles. The Balaban J connectivity index is 0.000000912. The Hall–Kier alpha value is -4.84. The molecule has 7 heterocycles. The number of rotatable bonds is 0. The van der Waals surface area contributed by atoms with Crippen molar-refractivity contribution in [2.75, 3.05) is 65.4 Å². The van der Waals surface area contributed by atoms with Crippen LogP contribution in [0, 0.1) is 0 Å². The zero-order valence-electron chi connectivity index (χ0n) is 55.1. The highest BCUT2D eigenvalue weighted by Crippen LogP contribution is 2.28. The molecule has 0 aromatic rings. The van der Waals surface area contributed by atoms with E-state index >= 15 is 0 Å². The van der Waals surface area contributed by atoms with Gasteiger partial charge in [-0.25, -0.2) is 19.2 Å². The highest BCUT2D eigenvalue weighted by atomic mass is 16.2. The molecule has 0 bridgehead atoms. The summed E-state index contributed by atoms with van der Waals surface area (Å²) in [6, 6.07) is 0.116. The molecular formula is C61H119N11O8. The number of amides is 12. The van der Waals surface area contributed by atoms with Gasteiger partial charge in [0.15, 0.2) is 0 Å². The second-order valence-corrected chi connectivity index (χ2v) is 30.3. The van der Waals surface area contributed by atoms with Gasteiger partial charge in [0, 0.05) is 136 Å². The van der Waals surface area contributed by atoms with Gasteiger partial charge in [-0.3, -0.25) is 24.1 Å². The Kier molecular flexibility index (Phi) is 26.7. The van der Waals surface area contributed by atoms with E-state index in [9.17, 15) is 38.4 Å². The molecule has 0 spiro atoms. The Morgan fingerprint density at radius 3 is 0.800 bits per heavy atom. The van der Waals surface area contributed by atoms with E-state index in [-0.39, 0.29) is 87.3 Å². The number of hydrogen-bond acceptors (Lipinski definition) is 8. The molecule has 0 aliphatic carbocycles. The number of imide groups is 1. The standard InChI is InChI=1S/C11H22N2O.C9H16N2O2.C9H18N2O.3C8H15NO.C7H14N2O.CH4/c1-10(2,3)12-7-8-13(9(12)14)11(4,5)6;1-7(12)10-5-6-11(8(10)13)9(2,3)4;1-8(2,3)11-6-9(4,5)10-7(11)12;3*1-8(2,3)9-6-4-5-7(9)10;1-7(2,3)9-5-4-8-6(9)10;/h7-8H2,1-6H3;5-6H2,1-4H3;6H2,1-5H3,(H,10,12);3*4-6H2,1-3H3;4-5H2,1-3H3,(H,8,10);1H4. The lowest BCUT2D eigenvalue weighted by Crippen LogP contribution is -2.48. The number of carbonyl (C=O) groups excluding carboxylic acids is 8. The second kappa shape index (κ2) is 28.4. The Labute approximate surface area is 487 Å². The van der Waals surface area contributed by atoms with Crippen molar-refractivity contribution in [3.8, 4) is 0 Å². The maximum Gasteiger partial charge on any atom is 0.327 e. The van der Waals surface area contributed by atoms with E-state index < -0.39 is 0 Å². The normalized spacial score (nSPS) is 19.8. The smallest absolute Gasteiger partial charge is 0.327 e. The summed E-state index contributed by atoms with van der Waals surface area (Å²) in [7, 11) is 0. The van der Waals surface area contributed by atoms with Gasteiger partial charge in [-0.05, 0) is 199 Å². The van der Waals surface area contributed by atoms with E-state index in [0.717, 1.165) is 90.9 Å². The number of likely N-dealkylation sites (tertiary alicyclic amines) is 3. The van der Waals surface area contributed by atoms with Crippen molar-refractivity contribution >= 4 is 47.8 Å². The van der Waals surface area contributed by atoms with E-state index in [1.54, 1.807) is 4.90 Å². The molecule has 2 N–H and O–H groups in total. The van der Waals surface area contributed by atoms with Gasteiger partial charge >= 0.3 is 24.1 Å². The van der Waals surface area contributed by atoms with Gasteiger partial charge in [0.2, 0.25) is 23.6 Å². The molecular weight excluding hydrogens is 1010 g/mol. The van der Waals surface area contributed by atoms with Gasteiger partial charge in [-0.1, -0.05) is 7.43 Å². The average Bonchev–Trinajstić information content (AvgIpc) is 4.09. The fraction of sp³-hybridized carbons (Fsp3) is 0.869. The summed E-state index contributed by atoms with van der Waals surface area (Å²) in [5, 5.41) is 5.70. The topological polar surface area (TPSA) is 190 Å². The third kappa shape index (κ3) is 23.6. The van der Waals surface area contributed by atoms with Crippen LogP contribution < -0.4 is 10.6 Å². The van der Waals surface area contributed by atoms with Crippen molar-refractivity contribution in [1.29, 1.82) is 0 Å². The predicted octanol–water partition coefficient (Wildman–Crippen LogP) is 10.6. The van der Waals surface area contributed by atoms with Gasteiger partial charge in [-0.15, -0.1) is 0 Å². The molecule has 0 unspecified atom stereocenters. The first kappa shape index (κ1) is 75.2. The third-order valence-corrected chi connectivity index (χ3v) is 14.2. The zero-order chi connectivity index (χ0) is 62.0. The van der Waals surface area contributed by atoms with Crippen LogP contribution >= 0.6 is 0 Å². The fourth-order valence-electron chi connectivity index (χ4n) is 9.82. The van der Waals surface area contributed by atoms with Crippen molar-refractivity contribution in [1.82, 2.24) is 54.7 Å². The molecule has 7 rings (SSSR count). The molecule has 7 fully saturated rings. The Morgan fingerprint density at radius 1 is 0.375 bits per heavy atom. The van der Waals surface area contributed by atoms with E-state index in [2.05, 4.69) is 114 Å². The molecule has 19 nitrogen and oxygen atoms in total. The van der Waals surface area contributed by atoms with Crippen LogP contribution in [0.25, 0.3) is 0 Å². The number of carbonyl (C=O) groups is 8. The molecule has 0 aromatic carbocycles. The summed E-state index contributed by atoms with van der Waals surface area (Å²) in [6.45, 7) is 63.0. The van der Waals surface area contributed by atoms with Crippen LogP contribution in [0.3, 0.4) is 0 Å². The molecule has 7 saturated heterocycles. The van der Waals surface area contributed by atoms with Crippen LogP contribution in [-0.2, 0) is 19.2 Å². The van der Waals surface area contributed by atoms with Gasteiger partial charge in [0.05, 0.1) is 5.54 Å². The minimum atomic E-state index is -0.193. The van der Waals surface area contributed by atoms with Crippen LogP contribution in [0.4, 0.5) is 19.2 Å². The van der Waals surface area contributed by atoms with E-state index in [4.69, 9.17) is 0 Å². The van der Waals surface area contributed by atoms with Crippen LogP contribution in [0.5, 0.6) is 0 Å². The third-order valence-electron chi connectivity index (χ3n) is 14.2. The Morgan fingerprint density at radius 2 is 0.662 bits per heavy atom. The minimum Gasteiger partial charge on any atom is -0.338 e. The largest absolute Gasteiger partial charge is 0.338 e. The van der Waals surface area contributed by atoms with Gasteiger partial charge in [-0.2, -0.15) is 0 Å². The first-order valence-electron chi connectivity index (χ1n) is 29.0. The average molecular weight is 1130 g/mol. The molecule has 0 atom stereocenters. The summed E-state index contributed by atoms with van der Waals surface area (Å²) >= 11 is 0. The van der Waals surface area contributed by atoms with Crippen molar-refractivity contribution in [2.45, 2.75) is 283 Å². The molecule has 0 radical (unpaired) electrons. The maximum absolute atomic E-state index is 12.1. The molecule has 7 aliphatic heterocycles.